The van der Waals surface area contributed by atoms with Crippen LogP contribution < -0.4 is 0 Å². The molecule has 7 nitrogen and oxygen atoms in total. The zero-order chi connectivity index (χ0) is 21.1. The highest BCUT2D eigenvalue weighted by atomic mass is 16.2. The quantitative estimate of drug-likeness (QED) is 0.710. The van der Waals surface area contributed by atoms with Gasteiger partial charge in [0, 0.05) is 45.8 Å². The summed E-state index contributed by atoms with van der Waals surface area (Å²) >= 11 is 0. The summed E-state index contributed by atoms with van der Waals surface area (Å²) in [7, 11) is 3.55. The molecule has 0 spiro atoms. The van der Waals surface area contributed by atoms with Crippen molar-refractivity contribution in [2.24, 2.45) is 5.41 Å². The normalized spacial score (nSPS) is 18.4. The van der Waals surface area contributed by atoms with Crippen LogP contribution in [0.15, 0.2) is 61.1 Å². The van der Waals surface area contributed by atoms with E-state index in [-0.39, 0.29) is 11.8 Å². The first kappa shape index (κ1) is 19.8. The molecule has 30 heavy (non-hydrogen) atoms. The van der Waals surface area contributed by atoms with Gasteiger partial charge in [-0.1, -0.05) is 24.3 Å². The average Bonchev–Trinajstić information content (AvgIpc) is 3.45. The number of nitrogens with zero attached hydrogens (tertiary/aromatic N) is 4. The summed E-state index contributed by atoms with van der Waals surface area (Å²) < 4.78 is 0. The van der Waals surface area contributed by atoms with Crippen molar-refractivity contribution in [2.45, 2.75) is 12.8 Å². The number of rotatable bonds is 5. The van der Waals surface area contributed by atoms with Crippen LogP contribution in [-0.4, -0.2) is 64.0 Å². The summed E-state index contributed by atoms with van der Waals surface area (Å²) in [6.45, 7) is 0.933. The minimum absolute atomic E-state index is 0.0525. The molecule has 3 aromatic rings. The molecule has 0 radical (unpaired) electrons. The van der Waals surface area contributed by atoms with E-state index in [0.717, 1.165) is 16.7 Å². The molecule has 154 valence electrons. The molecule has 0 bridgehead atoms. The van der Waals surface area contributed by atoms with Crippen LogP contribution in [0.3, 0.4) is 0 Å². The first-order valence-electron chi connectivity index (χ1n) is 9.98. The van der Waals surface area contributed by atoms with Crippen LogP contribution in [0.1, 0.15) is 22.5 Å². The van der Waals surface area contributed by atoms with Gasteiger partial charge >= 0.3 is 0 Å². The van der Waals surface area contributed by atoms with E-state index in [1.807, 2.05) is 18.2 Å². The average molecular weight is 403 g/mol. The number of carbonyl (C=O) groups excluding carboxylic acids is 2. The van der Waals surface area contributed by atoms with Crippen LogP contribution in [-0.2, 0) is 11.2 Å². The third-order valence-electron chi connectivity index (χ3n) is 5.72. The molecule has 7 heteroatoms. The van der Waals surface area contributed by atoms with Gasteiger partial charge in [-0.15, -0.1) is 0 Å². The summed E-state index contributed by atoms with van der Waals surface area (Å²) in [5.74, 6) is -0.0665. The number of hydrogen-bond donors (Lipinski definition) is 1. The van der Waals surface area contributed by atoms with E-state index >= 15 is 0 Å². The Kier molecular flexibility index (Phi) is 5.35. The summed E-state index contributed by atoms with van der Waals surface area (Å²) in [6, 6.07) is 13.9. The number of pyridine rings is 1. The first-order chi connectivity index (χ1) is 14.5. The lowest BCUT2D eigenvalue weighted by Gasteiger charge is -2.31. The van der Waals surface area contributed by atoms with E-state index in [1.54, 1.807) is 48.6 Å². The molecule has 2 aromatic heterocycles. The number of likely N-dealkylation sites (tertiary alicyclic amines) is 1. The second kappa shape index (κ2) is 8.10. The van der Waals surface area contributed by atoms with Crippen LogP contribution in [0.25, 0.3) is 11.1 Å². The van der Waals surface area contributed by atoms with Crippen molar-refractivity contribution in [3.8, 4) is 11.1 Å². The lowest BCUT2D eigenvalue weighted by molar-refractivity contribution is -0.138. The van der Waals surface area contributed by atoms with Crippen molar-refractivity contribution >= 4 is 11.8 Å². The predicted molar refractivity (Wildman–Crippen MR) is 114 cm³/mol. The maximum Gasteiger partial charge on any atom is 0.271 e. The van der Waals surface area contributed by atoms with Crippen LogP contribution in [0.2, 0.25) is 0 Å². The third kappa shape index (κ3) is 3.83. The highest BCUT2D eigenvalue weighted by molar-refractivity contribution is 5.93. The van der Waals surface area contributed by atoms with Crippen molar-refractivity contribution in [1.82, 2.24) is 25.0 Å². The van der Waals surface area contributed by atoms with Crippen LogP contribution in [0.5, 0.6) is 0 Å². The lowest BCUT2D eigenvalue weighted by atomic mass is 9.79. The van der Waals surface area contributed by atoms with Crippen molar-refractivity contribution in [3.63, 3.8) is 0 Å². The molecule has 1 aliphatic heterocycles. The fraction of sp³-hybridized carbons (Fsp3) is 0.304. The molecular weight excluding hydrogens is 378 g/mol. The number of hydrogen-bond acceptors (Lipinski definition) is 4. The summed E-state index contributed by atoms with van der Waals surface area (Å²) in [6.07, 6.45) is 6.31. The Bertz CT molecular complexity index is 1030. The minimum atomic E-state index is -0.643. The molecule has 4 rings (SSSR count). The predicted octanol–water partition coefficient (Wildman–Crippen LogP) is 2.63. The smallest absolute Gasteiger partial charge is 0.271 e. The highest BCUT2D eigenvalue weighted by Crippen LogP contribution is 2.37. The second-order valence-electron chi connectivity index (χ2n) is 8.04. The molecule has 1 N–H and O–H groups in total. The zero-order valence-corrected chi connectivity index (χ0v) is 17.2. The number of carbonyl (C=O) groups is 2. The number of nitrogens with one attached hydrogen (secondary N) is 1. The Morgan fingerprint density at radius 3 is 2.60 bits per heavy atom. The van der Waals surface area contributed by atoms with E-state index in [4.69, 9.17) is 0 Å². The van der Waals surface area contributed by atoms with Gasteiger partial charge in [0.2, 0.25) is 5.91 Å². The molecule has 1 saturated heterocycles. The summed E-state index contributed by atoms with van der Waals surface area (Å²) in [4.78, 5) is 33.5. The maximum atomic E-state index is 13.2. The molecular formula is C23H25N5O2. The summed E-state index contributed by atoms with van der Waals surface area (Å²) in [5, 5.41) is 6.60. The molecule has 3 heterocycles. The van der Waals surface area contributed by atoms with Crippen molar-refractivity contribution in [3.05, 3.63) is 72.3 Å². The van der Waals surface area contributed by atoms with Gasteiger partial charge in [0.1, 0.15) is 5.69 Å². The monoisotopic (exact) mass is 403 g/mol. The van der Waals surface area contributed by atoms with Gasteiger partial charge in [-0.05, 0) is 47.7 Å². The Balaban J connectivity index is 1.61. The molecule has 0 saturated carbocycles. The Morgan fingerprint density at radius 2 is 1.90 bits per heavy atom. The molecule has 1 aliphatic rings. The van der Waals surface area contributed by atoms with Gasteiger partial charge in [0.05, 0.1) is 5.41 Å². The van der Waals surface area contributed by atoms with E-state index in [1.165, 1.54) is 0 Å². The number of benzene rings is 1. The van der Waals surface area contributed by atoms with Gasteiger partial charge < -0.3 is 9.80 Å². The second-order valence-corrected chi connectivity index (χ2v) is 8.04. The van der Waals surface area contributed by atoms with E-state index < -0.39 is 5.41 Å². The third-order valence-corrected chi connectivity index (χ3v) is 5.72. The number of aromatic nitrogens is 3. The fourth-order valence-corrected chi connectivity index (χ4v) is 4.26. The van der Waals surface area contributed by atoms with E-state index in [9.17, 15) is 9.59 Å². The van der Waals surface area contributed by atoms with Crippen molar-refractivity contribution in [1.29, 1.82) is 0 Å². The number of aromatic amines is 1. The lowest BCUT2D eigenvalue weighted by Crippen LogP contribution is -2.44. The maximum absolute atomic E-state index is 13.2. The topological polar surface area (TPSA) is 82.2 Å². The van der Waals surface area contributed by atoms with E-state index in [2.05, 4.69) is 33.4 Å². The molecule has 1 unspecified atom stereocenters. The molecule has 1 aromatic carbocycles. The number of amides is 2. The van der Waals surface area contributed by atoms with Crippen LogP contribution in [0, 0.1) is 5.41 Å². The first-order valence-corrected chi connectivity index (χ1v) is 9.98. The van der Waals surface area contributed by atoms with Gasteiger partial charge in [-0.3, -0.25) is 19.7 Å². The Morgan fingerprint density at radius 1 is 1.10 bits per heavy atom. The molecule has 0 aliphatic carbocycles. The van der Waals surface area contributed by atoms with Gasteiger partial charge in [0.25, 0.3) is 5.91 Å². The largest absolute Gasteiger partial charge is 0.348 e. The number of H-pyrrole nitrogens is 1. The Hall–Kier alpha value is -3.48. The van der Waals surface area contributed by atoms with Crippen molar-refractivity contribution < 1.29 is 9.59 Å². The van der Waals surface area contributed by atoms with Gasteiger partial charge in [-0.2, -0.15) is 5.10 Å². The SMILES string of the molecule is CN(C)C(=O)C1(Cc2cccc(-c3ccncc3)c2)CCN(C(=O)c2ccn[nH]2)C1. The highest BCUT2D eigenvalue weighted by Gasteiger charge is 2.47. The van der Waals surface area contributed by atoms with Gasteiger partial charge in [-0.25, -0.2) is 0 Å². The van der Waals surface area contributed by atoms with Crippen LogP contribution >= 0.6 is 0 Å². The zero-order valence-electron chi connectivity index (χ0n) is 17.2. The fourth-order valence-electron chi connectivity index (χ4n) is 4.26. The molecule has 1 fully saturated rings. The summed E-state index contributed by atoms with van der Waals surface area (Å²) in [5.41, 5.74) is 3.06. The van der Waals surface area contributed by atoms with Gasteiger partial charge in [0.15, 0.2) is 0 Å². The van der Waals surface area contributed by atoms with E-state index in [0.29, 0.717) is 31.6 Å². The Labute approximate surface area is 175 Å². The standard InChI is InChI=1S/C23H25N5O2/c1-27(2)22(30)23(9-13-28(16-23)21(29)20-8-12-25-26-20)15-17-4-3-5-19(14-17)18-6-10-24-11-7-18/h3-8,10-12,14H,9,13,15-16H2,1-2H3,(H,25,26). The van der Waals surface area contributed by atoms with Crippen molar-refractivity contribution in [2.75, 3.05) is 27.2 Å². The van der Waals surface area contributed by atoms with Crippen LogP contribution in [0.4, 0.5) is 0 Å². The molecule has 2 amide bonds. The minimum Gasteiger partial charge on any atom is -0.348 e. The molecule has 1 atom stereocenters.